The first-order valence-electron chi connectivity index (χ1n) is 8.22. The molecule has 1 aliphatic heterocycles. The van der Waals surface area contributed by atoms with Crippen LogP contribution in [-0.2, 0) is 13.0 Å². The molecule has 2 heterocycles. The van der Waals surface area contributed by atoms with Crippen molar-refractivity contribution in [1.29, 1.82) is 0 Å². The molecule has 26 heavy (non-hydrogen) atoms. The van der Waals surface area contributed by atoms with Crippen LogP contribution in [0.4, 0.5) is 0 Å². The average molecular weight is 351 g/mol. The van der Waals surface area contributed by atoms with Crippen molar-refractivity contribution < 1.29 is 18.7 Å². The molecule has 0 spiro atoms. The molecule has 0 atom stereocenters. The molecular formula is C19H17N3O4. The van der Waals surface area contributed by atoms with Crippen LogP contribution in [0.15, 0.2) is 46.9 Å². The maximum atomic E-state index is 12.2. The molecule has 0 aliphatic carbocycles. The van der Waals surface area contributed by atoms with Crippen molar-refractivity contribution in [3.63, 3.8) is 0 Å². The molecule has 0 bridgehead atoms. The van der Waals surface area contributed by atoms with Crippen molar-refractivity contribution in [2.45, 2.75) is 19.9 Å². The van der Waals surface area contributed by atoms with Crippen LogP contribution < -0.4 is 14.8 Å². The highest BCUT2D eigenvalue weighted by atomic mass is 16.7. The lowest BCUT2D eigenvalue weighted by Crippen LogP contribution is -2.23. The van der Waals surface area contributed by atoms with Crippen LogP contribution in [0.1, 0.15) is 33.3 Å². The van der Waals surface area contributed by atoms with Gasteiger partial charge in [-0.2, -0.15) is 0 Å². The first-order chi connectivity index (χ1) is 12.7. The van der Waals surface area contributed by atoms with Crippen LogP contribution in [0.2, 0.25) is 0 Å². The summed E-state index contributed by atoms with van der Waals surface area (Å²) in [5, 5.41) is 10.5. The number of hydrogen-bond donors (Lipinski definition) is 1. The molecule has 2 aromatic carbocycles. The number of aromatic nitrogens is 2. The SMILES string of the molecule is Cc1ccc(CNC(=O)c2nnc(Cc3ccc4c(c3)OCO4)o2)cc1. The molecule has 7 heteroatoms. The van der Waals surface area contributed by atoms with Gasteiger partial charge in [0.15, 0.2) is 11.5 Å². The normalized spacial score (nSPS) is 12.2. The first kappa shape index (κ1) is 16.1. The summed E-state index contributed by atoms with van der Waals surface area (Å²) < 4.78 is 16.1. The molecule has 0 saturated heterocycles. The number of benzene rings is 2. The lowest BCUT2D eigenvalue weighted by molar-refractivity contribution is 0.0914. The third-order valence-corrected chi connectivity index (χ3v) is 4.03. The van der Waals surface area contributed by atoms with E-state index in [4.69, 9.17) is 13.9 Å². The van der Waals surface area contributed by atoms with Crippen LogP contribution in [0, 0.1) is 6.92 Å². The number of nitrogens with zero attached hydrogens (tertiary/aromatic N) is 2. The summed E-state index contributed by atoms with van der Waals surface area (Å²) in [5.41, 5.74) is 3.11. The van der Waals surface area contributed by atoms with Gasteiger partial charge in [-0.1, -0.05) is 35.9 Å². The number of nitrogens with one attached hydrogen (secondary N) is 1. The van der Waals surface area contributed by atoms with E-state index in [9.17, 15) is 4.79 Å². The highest BCUT2D eigenvalue weighted by molar-refractivity contribution is 5.89. The minimum Gasteiger partial charge on any atom is -0.454 e. The summed E-state index contributed by atoms with van der Waals surface area (Å²) in [6.07, 6.45) is 0.412. The minimum atomic E-state index is -0.394. The van der Waals surface area contributed by atoms with Crippen LogP contribution >= 0.6 is 0 Å². The second kappa shape index (κ2) is 6.87. The molecule has 1 aliphatic rings. The van der Waals surface area contributed by atoms with Gasteiger partial charge in [-0.25, -0.2) is 0 Å². The second-order valence-corrected chi connectivity index (χ2v) is 6.03. The molecule has 0 unspecified atom stereocenters. The van der Waals surface area contributed by atoms with Gasteiger partial charge in [0.25, 0.3) is 0 Å². The van der Waals surface area contributed by atoms with E-state index in [0.717, 1.165) is 16.9 Å². The molecule has 0 saturated carbocycles. The topological polar surface area (TPSA) is 86.5 Å². The Balaban J connectivity index is 1.37. The highest BCUT2D eigenvalue weighted by Crippen LogP contribution is 2.32. The van der Waals surface area contributed by atoms with E-state index in [1.165, 1.54) is 5.56 Å². The van der Waals surface area contributed by atoms with Crippen molar-refractivity contribution >= 4 is 5.91 Å². The van der Waals surface area contributed by atoms with E-state index in [1.807, 2.05) is 49.4 Å². The van der Waals surface area contributed by atoms with Crippen molar-refractivity contribution in [2.75, 3.05) is 6.79 Å². The molecule has 4 rings (SSSR count). The molecule has 1 N–H and O–H groups in total. The Hall–Kier alpha value is -3.35. The molecule has 1 amide bonds. The van der Waals surface area contributed by atoms with Gasteiger partial charge in [0, 0.05) is 6.54 Å². The van der Waals surface area contributed by atoms with E-state index in [1.54, 1.807) is 0 Å². The molecule has 0 radical (unpaired) electrons. The van der Waals surface area contributed by atoms with E-state index in [0.29, 0.717) is 24.6 Å². The molecule has 7 nitrogen and oxygen atoms in total. The number of carbonyl (C=O) groups excluding carboxylic acids is 1. The van der Waals surface area contributed by atoms with Crippen molar-refractivity contribution in [3.05, 3.63) is 70.9 Å². The Kier molecular flexibility index (Phi) is 4.27. The predicted octanol–water partition coefficient (Wildman–Crippen LogP) is 2.63. The van der Waals surface area contributed by atoms with Gasteiger partial charge in [0.2, 0.25) is 12.7 Å². The molecular weight excluding hydrogens is 334 g/mol. The van der Waals surface area contributed by atoms with Crippen LogP contribution in [0.25, 0.3) is 0 Å². The highest BCUT2D eigenvalue weighted by Gasteiger charge is 2.17. The Bertz CT molecular complexity index is 934. The summed E-state index contributed by atoms with van der Waals surface area (Å²) in [6.45, 7) is 2.64. The third kappa shape index (κ3) is 3.51. The van der Waals surface area contributed by atoms with E-state index in [2.05, 4.69) is 15.5 Å². The number of amides is 1. The summed E-state index contributed by atoms with van der Waals surface area (Å²) in [4.78, 5) is 12.2. The van der Waals surface area contributed by atoms with E-state index >= 15 is 0 Å². The molecule has 3 aromatic rings. The van der Waals surface area contributed by atoms with Crippen molar-refractivity contribution in [3.8, 4) is 11.5 Å². The number of ether oxygens (including phenoxy) is 2. The Morgan fingerprint density at radius 3 is 2.65 bits per heavy atom. The Morgan fingerprint density at radius 1 is 1.04 bits per heavy atom. The number of hydrogen-bond acceptors (Lipinski definition) is 6. The predicted molar refractivity (Wildman–Crippen MR) is 92.0 cm³/mol. The zero-order valence-electron chi connectivity index (χ0n) is 14.2. The third-order valence-electron chi connectivity index (χ3n) is 4.03. The Morgan fingerprint density at radius 2 is 1.81 bits per heavy atom. The van der Waals surface area contributed by atoms with E-state index in [-0.39, 0.29) is 12.7 Å². The van der Waals surface area contributed by atoms with Crippen LogP contribution in [0.5, 0.6) is 11.5 Å². The molecule has 132 valence electrons. The molecule has 0 fully saturated rings. The fraction of sp³-hybridized carbons (Fsp3) is 0.211. The summed E-state index contributed by atoms with van der Waals surface area (Å²) >= 11 is 0. The van der Waals surface area contributed by atoms with Gasteiger partial charge in [-0.05, 0) is 30.2 Å². The summed E-state index contributed by atoms with van der Waals surface area (Å²) in [5.74, 6) is 1.33. The fourth-order valence-corrected chi connectivity index (χ4v) is 2.61. The quantitative estimate of drug-likeness (QED) is 0.760. The van der Waals surface area contributed by atoms with Gasteiger partial charge in [0.1, 0.15) is 0 Å². The Labute approximate surface area is 150 Å². The largest absolute Gasteiger partial charge is 0.454 e. The van der Waals surface area contributed by atoms with E-state index < -0.39 is 5.91 Å². The number of rotatable bonds is 5. The zero-order valence-corrected chi connectivity index (χ0v) is 14.2. The lowest BCUT2D eigenvalue weighted by Gasteiger charge is -2.03. The van der Waals surface area contributed by atoms with Gasteiger partial charge in [-0.3, -0.25) is 4.79 Å². The first-order valence-corrected chi connectivity index (χ1v) is 8.22. The average Bonchev–Trinajstić information content (AvgIpc) is 3.30. The molecule has 1 aromatic heterocycles. The lowest BCUT2D eigenvalue weighted by atomic mass is 10.1. The second-order valence-electron chi connectivity index (χ2n) is 6.03. The summed E-state index contributed by atoms with van der Waals surface area (Å²) in [7, 11) is 0. The maximum Gasteiger partial charge on any atom is 0.309 e. The minimum absolute atomic E-state index is 0.0483. The number of fused-ring (bicyclic) bond motifs is 1. The zero-order chi connectivity index (χ0) is 17.9. The van der Waals surface area contributed by atoms with Crippen molar-refractivity contribution in [1.82, 2.24) is 15.5 Å². The summed E-state index contributed by atoms with van der Waals surface area (Å²) in [6, 6.07) is 13.5. The van der Waals surface area contributed by atoms with Gasteiger partial charge in [0.05, 0.1) is 6.42 Å². The number of carbonyl (C=O) groups is 1. The van der Waals surface area contributed by atoms with Crippen LogP contribution in [0.3, 0.4) is 0 Å². The van der Waals surface area contributed by atoms with Gasteiger partial charge in [-0.15, -0.1) is 10.2 Å². The standard InChI is InChI=1S/C19H17N3O4/c1-12-2-4-13(5-3-12)10-20-18(23)19-22-21-17(26-19)9-14-6-7-15-16(8-14)25-11-24-15/h2-8H,9-11H2,1H3,(H,20,23). The van der Waals surface area contributed by atoms with Crippen LogP contribution in [-0.4, -0.2) is 22.9 Å². The smallest absolute Gasteiger partial charge is 0.309 e. The fourth-order valence-electron chi connectivity index (χ4n) is 2.61. The van der Waals surface area contributed by atoms with Gasteiger partial charge < -0.3 is 19.2 Å². The maximum absolute atomic E-state index is 12.2. The van der Waals surface area contributed by atoms with Gasteiger partial charge >= 0.3 is 11.8 Å². The number of aryl methyl sites for hydroxylation is 1. The van der Waals surface area contributed by atoms with Crippen molar-refractivity contribution in [2.24, 2.45) is 0 Å². The monoisotopic (exact) mass is 351 g/mol.